The van der Waals surface area contributed by atoms with Gasteiger partial charge < -0.3 is 20.5 Å². The van der Waals surface area contributed by atoms with Crippen LogP contribution in [0.3, 0.4) is 0 Å². The van der Waals surface area contributed by atoms with Gasteiger partial charge in [0.25, 0.3) is 0 Å². The number of aromatic nitrogens is 3. The maximum Gasteiger partial charge on any atom is 0.408 e. The molecule has 27 heavy (non-hydrogen) atoms. The SMILES string of the molecule is N[C@]1(n2ccc3cncnc32)C[C@H](C(=O)O)N(C(=O)O)C1c1ccccc1. The van der Waals surface area contributed by atoms with E-state index in [0.29, 0.717) is 11.2 Å². The largest absolute Gasteiger partial charge is 0.480 e. The number of fused-ring (bicyclic) bond motifs is 1. The van der Waals surface area contributed by atoms with Crippen molar-refractivity contribution in [2.24, 2.45) is 5.73 Å². The first-order valence-corrected chi connectivity index (χ1v) is 8.29. The first-order chi connectivity index (χ1) is 12.9. The van der Waals surface area contributed by atoms with Crippen LogP contribution in [0, 0.1) is 0 Å². The number of nitrogens with zero attached hydrogens (tertiary/aromatic N) is 4. The zero-order valence-corrected chi connectivity index (χ0v) is 14.1. The van der Waals surface area contributed by atoms with Gasteiger partial charge in [-0.25, -0.2) is 19.6 Å². The lowest BCUT2D eigenvalue weighted by Gasteiger charge is -2.36. The van der Waals surface area contributed by atoms with Gasteiger partial charge in [-0.2, -0.15) is 0 Å². The Labute approximate surface area is 153 Å². The van der Waals surface area contributed by atoms with Crippen LogP contribution in [0.2, 0.25) is 0 Å². The molecule has 1 unspecified atom stereocenters. The summed E-state index contributed by atoms with van der Waals surface area (Å²) in [4.78, 5) is 33.0. The highest BCUT2D eigenvalue weighted by Crippen LogP contribution is 2.46. The number of nitrogens with two attached hydrogens (primary N) is 1. The Hall–Kier alpha value is -3.46. The number of carboxylic acid groups (broad SMARTS) is 2. The third kappa shape index (κ3) is 2.51. The fraction of sp³-hybridized carbons (Fsp3) is 0.222. The van der Waals surface area contributed by atoms with Crippen LogP contribution in [-0.2, 0) is 10.5 Å². The molecule has 9 heteroatoms. The van der Waals surface area contributed by atoms with E-state index in [2.05, 4.69) is 9.97 Å². The lowest BCUT2D eigenvalue weighted by atomic mass is 9.93. The fourth-order valence-electron chi connectivity index (χ4n) is 3.92. The Bertz CT molecular complexity index is 1020. The van der Waals surface area contributed by atoms with E-state index in [1.807, 2.05) is 0 Å². The highest BCUT2D eigenvalue weighted by atomic mass is 16.4. The van der Waals surface area contributed by atoms with E-state index in [0.717, 1.165) is 10.3 Å². The third-order valence-electron chi connectivity index (χ3n) is 5.03. The van der Waals surface area contributed by atoms with Crippen molar-refractivity contribution in [2.45, 2.75) is 24.2 Å². The maximum atomic E-state index is 12.0. The molecule has 0 bridgehead atoms. The molecule has 4 N–H and O–H groups in total. The summed E-state index contributed by atoms with van der Waals surface area (Å²) in [5.41, 5.74) is 6.55. The van der Waals surface area contributed by atoms with E-state index in [1.54, 1.807) is 53.4 Å². The lowest BCUT2D eigenvalue weighted by molar-refractivity contribution is -0.142. The van der Waals surface area contributed by atoms with Crippen LogP contribution in [0.15, 0.2) is 55.1 Å². The van der Waals surface area contributed by atoms with Gasteiger partial charge in [0.15, 0.2) is 0 Å². The quantitative estimate of drug-likeness (QED) is 0.640. The van der Waals surface area contributed by atoms with Gasteiger partial charge in [0.05, 0.1) is 6.04 Å². The molecule has 0 aliphatic carbocycles. The van der Waals surface area contributed by atoms with Crippen LogP contribution >= 0.6 is 0 Å². The number of likely N-dealkylation sites (tertiary alicyclic amines) is 1. The van der Waals surface area contributed by atoms with Crippen LogP contribution < -0.4 is 5.73 Å². The van der Waals surface area contributed by atoms with Crippen molar-refractivity contribution in [3.05, 3.63) is 60.7 Å². The first-order valence-electron chi connectivity index (χ1n) is 8.29. The summed E-state index contributed by atoms with van der Waals surface area (Å²) in [5.74, 6) is -1.24. The van der Waals surface area contributed by atoms with Crippen LogP contribution in [-0.4, -0.2) is 47.8 Å². The molecule has 0 saturated carbocycles. The molecule has 0 spiro atoms. The molecular formula is C18H17N5O4. The molecule has 1 aliphatic heterocycles. The average Bonchev–Trinajstić information content (AvgIpc) is 3.22. The van der Waals surface area contributed by atoms with Crippen molar-refractivity contribution in [2.75, 3.05) is 0 Å². The lowest BCUT2D eigenvalue weighted by Crippen LogP contribution is -2.48. The number of aliphatic carboxylic acids is 1. The van der Waals surface area contributed by atoms with Crippen LogP contribution in [0.25, 0.3) is 11.0 Å². The summed E-state index contributed by atoms with van der Waals surface area (Å²) in [7, 11) is 0. The van der Waals surface area contributed by atoms with Gasteiger partial charge in [-0.3, -0.25) is 4.90 Å². The first kappa shape index (κ1) is 17.0. The summed E-state index contributed by atoms with van der Waals surface area (Å²) >= 11 is 0. The normalized spacial score (nSPS) is 25.0. The highest BCUT2D eigenvalue weighted by molar-refractivity contribution is 5.81. The van der Waals surface area contributed by atoms with E-state index >= 15 is 0 Å². The topological polar surface area (TPSA) is 135 Å². The van der Waals surface area contributed by atoms with Gasteiger partial charge in [-0.05, 0) is 11.6 Å². The van der Waals surface area contributed by atoms with Crippen molar-refractivity contribution < 1.29 is 19.8 Å². The summed E-state index contributed by atoms with van der Waals surface area (Å²) in [6, 6.07) is 8.40. The summed E-state index contributed by atoms with van der Waals surface area (Å²) in [5, 5.41) is 20.2. The minimum absolute atomic E-state index is 0.0953. The Morgan fingerprint density at radius 3 is 2.59 bits per heavy atom. The van der Waals surface area contributed by atoms with Crippen LogP contribution in [0.5, 0.6) is 0 Å². The van der Waals surface area contributed by atoms with Crippen LogP contribution in [0.1, 0.15) is 18.0 Å². The number of hydrogen-bond donors (Lipinski definition) is 3. The van der Waals surface area contributed by atoms with Crippen molar-refractivity contribution in [3.8, 4) is 0 Å². The summed E-state index contributed by atoms with van der Waals surface area (Å²) in [6.07, 6.45) is 3.26. The predicted molar refractivity (Wildman–Crippen MR) is 94.8 cm³/mol. The van der Waals surface area contributed by atoms with E-state index in [9.17, 15) is 19.8 Å². The molecule has 1 fully saturated rings. The van der Waals surface area contributed by atoms with Gasteiger partial charge in [-0.1, -0.05) is 30.3 Å². The second-order valence-corrected chi connectivity index (χ2v) is 6.54. The number of carboxylic acids is 1. The second-order valence-electron chi connectivity index (χ2n) is 6.54. The predicted octanol–water partition coefficient (Wildman–Crippen LogP) is 1.62. The van der Waals surface area contributed by atoms with Gasteiger partial charge in [0.1, 0.15) is 23.7 Å². The molecule has 3 aromatic rings. The zero-order valence-electron chi connectivity index (χ0n) is 14.1. The average molecular weight is 367 g/mol. The van der Waals surface area contributed by atoms with E-state index < -0.39 is 29.8 Å². The summed E-state index contributed by atoms with van der Waals surface area (Å²) in [6.45, 7) is 0. The van der Waals surface area contributed by atoms with Gasteiger partial charge in [-0.15, -0.1) is 0 Å². The molecule has 138 valence electrons. The van der Waals surface area contributed by atoms with Gasteiger partial charge >= 0.3 is 12.1 Å². The molecule has 1 aromatic carbocycles. The number of rotatable bonds is 3. The van der Waals surface area contributed by atoms with Crippen molar-refractivity contribution in [1.29, 1.82) is 0 Å². The van der Waals surface area contributed by atoms with E-state index in [1.165, 1.54) is 6.33 Å². The number of benzene rings is 1. The minimum atomic E-state index is -1.34. The highest BCUT2D eigenvalue weighted by Gasteiger charge is 2.56. The van der Waals surface area contributed by atoms with Gasteiger partial charge in [0.2, 0.25) is 0 Å². The molecule has 0 radical (unpaired) electrons. The third-order valence-corrected chi connectivity index (χ3v) is 5.03. The fourth-order valence-corrected chi connectivity index (χ4v) is 3.92. The molecule has 3 heterocycles. The van der Waals surface area contributed by atoms with Crippen LogP contribution in [0.4, 0.5) is 4.79 Å². The minimum Gasteiger partial charge on any atom is -0.480 e. The van der Waals surface area contributed by atoms with Crippen molar-refractivity contribution in [1.82, 2.24) is 19.4 Å². The van der Waals surface area contributed by atoms with E-state index in [-0.39, 0.29) is 6.42 Å². The molecule has 9 nitrogen and oxygen atoms in total. The van der Waals surface area contributed by atoms with Crippen molar-refractivity contribution >= 4 is 23.1 Å². The maximum absolute atomic E-state index is 12.0. The molecule has 1 saturated heterocycles. The molecule has 3 atom stereocenters. The Balaban J connectivity index is 1.96. The molecular weight excluding hydrogens is 350 g/mol. The van der Waals surface area contributed by atoms with Gasteiger partial charge in [0, 0.05) is 24.2 Å². The Morgan fingerprint density at radius 2 is 1.93 bits per heavy atom. The number of carbonyl (C=O) groups is 2. The van der Waals surface area contributed by atoms with Crippen molar-refractivity contribution in [3.63, 3.8) is 0 Å². The smallest absolute Gasteiger partial charge is 0.408 e. The molecule has 4 rings (SSSR count). The standard InChI is InChI=1S/C18H17N5O4/c19-18(22-7-6-12-9-20-10-21-15(12)22)8-13(16(24)25)23(17(26)27)14(18)11-4-2-1-3-5-11/h1-7,9-10,13-14H,8,19H2,(H,24,25)(H,26,27)/t13-,14?,18+/m1/s1. The zero-order chi connectivity index (χ0) is 19.2. The molecule has 2 aromatic heterocycles. The Morgan fingerprint density at radius 1 is 1.19 bits per heavy atom. The summed E-state index contributed by atoms with van der Waals surface area (Å²) < 4.78 is 1.65. The number of hydrogen-bond acceptors (Lipinski definition) is 5. The molecule has 1 aliphatic rings. The Kier molecular flexibility index (Phi) is 3.81. The van der Waals surface area contributed by atoms with E-state index in [4.69, 9.17) is 5.73 Å². The second kappa shape index (κ2) is 6.06. The monoisotopic (exact) mass is 367 g/mol. The number of amides is 1. The molecule has 1 amide bonds.